The molecule has 1 heterocycles. The number of benzene rings is 1. The summed E-state index contributed by atoms with van der Waals surface area (Å²) in [5.41, 5.74) is 2.13. The number of hydrogen-bond donors (Lipinski definition) is 4. The van der Waals surface area contributed by atoms with E-state index in [1.54, 1.807) is 0 Å². The van der Waals surface area contributed by atoms with Crippen molar-refractivity contribution in [1.82, 2.24) is 15.5 Å². The average Bonchev–Trinajstić information content (AvgIpc) is 2.77. The highest BCUT2D eigenvalue weighted by molar-refractivity contribution is 5.74. The Balaban J connectivity index is 1.57. The van der Waals surface area contributed by atoms with E-state index in [1.165, 1.54) is 0 Å². The van der Waals surface area contributed by atoms with Crippen LogP contribution < -0.4 is 16.0 Å². The molecule has 0 bridgehead atoms. The molecule has 0 spiro atoms. The second-order valence-electron chi connectivity index (χ2n) is 8.13. The van der Waals surface area contributed by atoms with Gasteiger partial charge in [-0.3, -0.25) is 4.39 Å². The molecule has 0 unspecified atom stereocenters. The number of nitrogens with one attached hydrogen (secondary N) is 3. The zero-order valence-electron chi connectivity index (χ0n) is 18.4. The Hall–Kier alpha value is -2.51. The Labute approximate surface area is 184 Å². The van der Waals surface area contributed by atoms with Crippen LogP contribution in [0, 0.1) is 0 Å². The van der Waals surface area contributed by atoms with Gasteiger partial charge in [-0.1, -0.05) is 37.8 Å². The number of rotatable bonds is 13. The van der Waals surface area contributed by atoms with Crippen molar-refractivity contribution < 1.29 is 19.1 Å². The molecule has 3 amide bonds. The van der Waals surface area contributed by atoms with Crippen LogP contribution >= 0.6 is 0 Å². The molecule has 0 saturated carbocycles. The second-order valence-corrected chi connectivity index (χ2v) is 8.13. The summed E-state index contributed by atoms with van der Waals surface area (Å²) in [5, 5.41) is 17.5. The minimum absolute atomic E-state index is 0.0233. The molecule has 1 aliphatic rings. The van der Waals surface area contributed by atoms with Gasteiger partial charge in [0.15, 0.2) is 0 Å². The first kappa shape index (κ1) is 24.8. The smallest absolute Gasteiger partial charge is 0.404 e. The number of hydrogen-bond acceptors (Lipinski definition) is 3. The van der Waals surface area contributed by atoms with Crippen molar-refractivity contribution in [1.29, 1.82) is 0 Å². The Kier molecular flexibility index (Phi) is 11.6. The van der Waals surface area contributed by atoms with Gasteiger partial charge in [0.1, 0.15) is 0 Å². The summed E-state index contributed by atoms with van der Waals surface area (Å²) in [6.45, 7) is 2.37. The zero-order valence-corrected chi connectivity index (χ0v) is 18.4. The average molecular weight is 437 g/mol. The van der Waals surface area contributed by atoms with Gasteiger partial charge in [-0.15, -0.1) is 0 Å². The molecule has 174 valence electrons. The first-order valence-electron chi connectivity index (χ1n) is 11.5. The fourth-order valence-electron chi connectivity index (χ4n) is 3.78. The third kappa shape index (κ3) is 10.4. The van der Waals surface area contributed by atoms with Crippen LogP contribution in [0.2, 0.25) is 0 Å². The van der Waals surface area contributed by atoms with Crippen molar-refractivity contribution >= 4 is 17.8 Å². The number of piperidine rings is 1. The van der Waals surface area contributed by atoms with E-state index in [0.717, 1.165) is 69.3 Å². The number of amides is 3. The molecular formula is C23H37FN4O3. The highest BCUT2D eigenvalue weighted by atomic mass is 19.1. The number of anilines is 1. The number of carboxylic acid groups (broad SMARTS) is 1. The molecule has 0 atom stereocenters. The predicted molar refractivity (Wildman–Crippen MR) is 121 cm³/mol. The van der Waals surface area contributed by atoms with Gasteiger partial charge in [0.25, 0.3) is 0 Å². The molecule has 1 aliphatic heterocycles. The molecule has 7 nitrogen and oxygen atoms in total. The largest absolute Gasteiger partial charge is 0.465 e. The maximum absolute atomic E-state index is 12.3. The molecule has 31 heavy (non-hydrogen) atoms. The quantitative estimate of drug-likeness (QED) is 0.345. The van der Waals surface area contributed by atoms with E-state index in [0.29, 0.717) is 32.0 Å². The van der Waals surface area contributed by atoms with Gasteiger partial charge in [0.2, 0.25) is 0 Å². The summed E-state index contributed by atoms with van der Waals surface area (Å²) < 4.78 is 12.0. The Morgan fingerprint density at radius 3 is 2.23 bits per heavy atom. The molecule has 0 aromatic heterocycles. The highest BCUT2D eigenvalue weighted by Gasteiger charge is 2.22. The monoisotopic (exact) mass is 436 g/mol. The first-order valence-corrected chi connectivity index (χ1v) is 11.5. The van der Waals surface area contributed by atoms with Crippen LogP contribution in [0.15, 0.2) is 24.3 Å². The Morgan fingerprint density at radius 2 is 1.58 bits per heavy atom. The lowest BCUT2D eigenvalue weighted by molar-refractivity contribution is 0.183. The number of nitrogens with zero attached hydrogens (tertiary/aromatic N) is 1. The summed E-state index contributed by atoms with van der Waals surface area (Å²) in [6, 6.07) is 8.42. The minimum Gasteiger partial charge on any atom is -0.465 e. The van der Waals surface area contributed by atoms with Crippen molar-refractivity contribution in [2.45, 2.75) is 63.8 Å². The number of carbonyl (C=O) groups excluding carboxylic acids is 1. The van der Waals surface area contributed by atoms with Crippen molar-refractivity contribution in [2.75, 3.05) is 38.2 Å². The van der Waals surface area contributed by atoms with Crippen LogP contribution in [0.25, 0.3) is 0 Å². The number of likely N-dealkylation sites (tertiary alicyclic amines) is 1. The number of urea groups is 1. The van der Waals surface area contributed by atoms with Crippen molar-refractivity contribution in [3.05, 3.63) is 29.8 Å². The van der Waals surface area contributed by atoms with Gasteiger partial charge in [-0.05, 0) is 49.8 Å². The van der Waals surface area contributed by atoms with Gasteiger partial charge < -0.3 is 26.0 Å². The molecule has 1 aromatic carbocycles. The second kappa shape index (κ2) is 14.5. The van der Waals surface area contributed by atoms with Crippen LogP contribution in [-0.4, -0.2) is 61.0 Å². The van der Waals surface area contributed by atoms with Crippen molar-refractivity contribution in [2.24, 2.45) is 0 Å². The molecule has 1 fully saturated rings. The van der Waals surface area contributed by atoms with Crippen molar-refractivity contribution in [3.8, 4) is 0 Å². The van der Waals surface area contributed by atoms with E-state index < -0.39 is 6.09 Å². The van der Waals surface area contributed by atoms with E-state index in [9.17, 15) is 14.0 Å². The fraction of sp³-hybridized carbons (Fsp3) is 0.652. The first-order chi connectivity index (χ1) is 15.1. The maximum Gasteiger partial charge on any atom is 0.404 e. The molecule has 0 radical (unpaired) electrons. The van der Waals surface area contributed by atoms with Gasteiger partial charge in [0.05, 0.1) is 6.67 Å². The molecule has 2 rings (SSSR count). The van der Waals surface area contributed by atoms with E-state index in [1.807, 2.05) is 29.2 Å². The number of unbranched alkanes of at least 4 members (excludes halogenated alkanes) is 5. The van der Waals surface area contributed by atoms with Crippen molar-refractivity contribution in [3.63, 3.8) is 0 Å². The van der Waals surface area contributed by atoms with Gasteiger partial charge in [-0.2, -0.15) is 0 Å². The van der Waals surface area contributed by atoms with E-state index in [-0.39, 0.29) is 12.7 Å². The molecule has 1 aromatic rings. The summed E-state index contributed by atoms with van der Waals surface area (Å²) in [6.07, 6.45) is 7.34. The molecule has 8 heteroatoms. The predicted octanol–water partition coefficient (Wildman–Crippen LogP) is 4.39. The summed E-state index contributed by atoms with van der Waals surface area (Å²) in [5.74, 6) is 0. The Bertz CT molecular complexity index is 649. The fourth-order valence-corrected chi connectivity index (χ4v) is 3.78. The standard InChI is InChI=1S/C23H37FN4O3/c24-14-5-3-1-2-4-6-15-25-22(29)28-17-12-21(13-18-28)27-20-9-7-19(8-10-20)11-16-26-23(30)31/h7-10,21,26-27H,1-6,11-18H2,(H,25,29)(H,30,31). The number of alkyl halides is 1. The van der Waals surface area contributed by atoms with E-state index in [2.05, 4.69) is 16.0 Å². The van der Waals surface area contributed by atoms with Crippen LogP contribution in [0.5, 0.6) is 0 Å². The van der Waals surface area contributed by atoms with Crippen LogP contribution in [-0.2, 0) is 6.42 Å². The summed E-state index contributed by atoms with van der Waals surface area (Å²) in [7, 11) is 0. The lowest BCUT2D eigenvalue weighted by Gasteiger charge is -2.33. The zero-order chi connectivity index (χ0) is 22.3. The number of carbonyl (C=O) groups is 2. The van der Waals surface area contributed by atoms with Crippen LogP contribution in [0.4, 0.5) is 19.7 Å². The molecule has 1 saturated heterocycles. The third-order valence-corrected chi connectivity index (χ3v) is 5.63. The SMILES string of the molecule is O=C(O)NCCc1ccc(NC2CCN(C(=O)NCCCCCCCCF)CC2)cc1. The van der Waals surface area contributed by atoms with Gasteiger partial charge in [0, 0.05) is 37.9 Å². The van der Waals surface area contributed by atoms with Gasteiger partial charge in [-0.25, -0.2) is 9.59 Å². The highest BCUT2D eigenvalue weighted by Crippen LogP contribution is 2.17. The topological polar surface area (TPSA) is 93.7 Å². The summed E-state index contributed by atoms with van der Waals surface area (Å²) in [4.78, 5) is 24.7. The van der Waals surface area contributed by atoms with Gasteiger partial charge >= 0.3 is 12.1 Å². The molecular weight excluding hydrogens is 399 g/mol. The van der Waals surface area contributed by atoms with E-state index in [4.69, 9.17) is 5.11 Å². The minimum atomic E-state index is -1.00. The third-order valence-electron chi connectivity index (χ3n) is 5.63. The van der Waals surface area contributed by atoms with Crippen LogP contribution in [0.3, 0.4) is 0 Å². The maximum atomic E-state index is 12.3. The lowest BCUT2D eigenvalue weighted by atomic mass is 10.0. The van der Waals surface area contributed by atoms with Crippen LogP contribution in [0.1, 0.15) is 56.9 Å². The van der Waals surface area contributed by atoms with E-state index >= 15 is 0 Å². The summed E-state index contributed by atoms with van der Waals surface area (Å²) >= 11 is 0. The molecule has 4 N–H and O–H groups in total. The molecule has 0 aliphatic carbocycles. The lowest BCUT2D eigenvalue weighted by Crippen LogP contribution is -2.47. The Morgan fingerprint density at radius 1 is 0.935 bits per heavy atom. The normalized spacial score (nSPS) is 14.3. The number of halogens is 1.